The molecule has 8 heteroatoms. The van der Waals surface area contributed by atoms with Crippen LogP contribution in [0.3, 0.4) is 0 Å². The van der Waals surface area contributed by atoms with Gasteiger partial charge in [0.1, 0.15) is 35.7 Å². The van der Waals surface area contributed by atoms with Gasteiger partial charge in [-0.25, -0.2) is 22.0 Å². The average molecular weight is 579 g/mol. The average Bonchev–Trinajstić information content (AvgIpc) is 2.93. The molecule has 220 valence electrons. The summed E-state index contributed by atoms with van der Waals surface area (Å²) in [6.07, 6.45) is 1.76. The molecule has 2 saturated carbocycles. The summed E-state index contributed by atoms with van der Waals surface area (Å²) < 4.78 is 106. The smallest absolute Gasteiger partial charge is 0.400 e. The van der Waals surface area contributed by atoms with Gasteiger partial charge >= 0.3 is 6.11 Å². The lowest BCUT2D eigenvalue weighted by atomic mass is 9.76. The van der Waals surface area contributed by atoms with E-state index >= 15 is 13.2 Å². The summed E-state index contributed by atoms with van der Waals surface area (Å²) in [5, 5.41) is 0. The number of halogens is 7. The van der Waals surface area contributed by atoms with E-state index in [1.54, 1.807) is 6.07 Å². The predicted octanol–water partition coefficient (Wildman–Crippen LogP) is 10.6. The fourth-order valence-corrected chi connectivity index (χ4v) is 6.38. The first-order valence-corrected chi connectivity index (χ1v) is 14.3. The molecule has 0 N–H and O–H groups in total. The Morgan fingerprint density at radius 2 is 1.34 bits per heavy atom. The molecule has 0 radical (unpaired) electrons. The lowest BCUT2D eigenvalue weighted by molar-refractivity contribution is -0.222. The van der Waals surface area contributed by atoms with Crippen molar-refractivity contribution in [1.82, 2.24) is 0 Å². The highest BCUT2D eigenvalue weighted by molar-refractivity contribution is 5.65. The Bertz CT molecular complexity index is 1350. The zero-order chi connectivity index (χ0) is 29.3. The third kappa shape index (κ3) is 6.41. The second kappa shape index (κ2) is 12.1. The molecular formula is C33H33F7O. The Labute approximate surface area is 235 Å². The van der Waals surface area contributed by atoms with E-state index in [9.17, 15) is 17.6 Å². The summed E-state index contributed by atoms with van der Waals surface area (Å²) in [7, 11) is 0. The van der Waals surface area contributed by atoms with Gasteiger partial charge in [-0.15, -0.1) is 0 Å². The van der Waals surface area contributed by atoms with Gasteiger partial charge in [0.15, 0.2) is 0 Å². The molecule has 0 atom stereocenters. The first-order valence-electron chi connectivity index (χ1n) is 14.3. The summed E-state index contributed by atoms with van der Waals surface area (Å²) >= 11 is 0. The summed E-state index contributed by atoms with van der Waals surface area (Å²) in [6, 6.07) is 9.91. The van der Waals surface area contributed by atoms with E-state index in [-0.39, 0.29) is 35.7 Å². The molecule has 0 unspecified atom stereocenters. The molecule has 3 aromatic rings. The van der Waals surface area contributed by atoms with Crippen molar-refractivity contribution >= 4 is 0 Å². The number of alkyl halides is 3. The van der Waals surface area contributed by atoms with Crippen LogP contribution in [0.2, 0.25) is 0 Å². The normalized spacial score (nSPS) is 23.4. The molecule has 0 aromatic heterocycles. The Hall–Kier alpha value is -3.03. The molecule has 0 bridgehead atoms. The number of rotatable bonds is 7. The van der Waals surface area contributed by atoms with E-state index in [4.69, 9.17) is 4.74 Å². The Morgan fingerprint density at radius 3 is 1.93 bits per heavy atom. The van der Waals surface area contributed by atoms with E-state index < -0.39 is 47.5 Å². The molecule has 5 rings (SSSR count). The SMILES string of the molecule is CC1CCC(c2ccc(C3CCC(C(F)(F)Oc4ccc(-c5cc(F)c(CF)c(F)c5)c(F)c4)CC3)c(F)c2)CC1. The standard InChI is InChI=1S/C33H33F7O/c1-19-2-4-20(5-3-19)22-8-12-26(29(35)14-22)21-6-9-24(10-7-21)33(39,40)41-25-11-13-27(32(38)17-25)23-15-30(36)28(18-34)31(37)16-23/h8,11-17,19-21,24H,2-7,9-10,18H2,1H3. The lowest BCUT2D eigenvalue weighted by Crippen LogP contribution is -2.37. The van der Waals surface area contributed by atoms with Crippen molar-refractivity contribution < 1.29 is 35.5 Å². The summed E-state index contributed by atoms with van der Waals surface area (Å²) in [5.41, 5.74) is 0.371. The van der Waals surface area contributed by atoms with Gasteiger partial charge in [-0.3, -0.25) is 0 Å². The molecule has 0 amide bonds. The van der Waals surface area contributed by atoms with E-state index in [1.807, 2.05) is 12.1 Å². The minimum atomic E-state index is -3.60. The second-order valence-corrected chi connectivity index (χ2v) is 11.6. The van der Waals surface area contributed by atoms with Crippen LogP contribution in [0.4, 0.5) is 30.7 Å². The van der Waals surface area contributed by atoms with Crippen LogP contribution < -0.4 is 4.74 Å². The molecule has 3 aromatic carbocycles. The first kappa shape index (κ1) is 29.5. The highest BCUT2D eigenvalue weighted by Gasteiger charge is 2.44. The minimum absolute atomic E-state index is 0.111. The van der Waals surface area contributed by atoms with Crippen molar-refractivity contribution in [3.8, 4) is 16.9 Å². The van der Waals surface area contributed by atoms with Crippen molar-refractivity contribution in [3.63, 3.8) is 0 Å². The van der Waals surface area contributed by atoms with Crippen molar-refractivity contribution in [2.24, 2.45) is 11.8 Å². The zero-order valence-electron chi connectivity index (χ0n) is 22.8. The van der Waals surface area contributed by atoms with Crippen LogP contribution in [0.1, 0.15) is 86.8 Å². The summed E-state index contributed by atoms with van der Waals surface area (Å²) in [5.74, 6) is -4.29. The molecule has 0 heterocycles. The van der Waals surface area contributed by atoms with Crippen LogP contribution >= 0.6 is 0 Å². The van der Waals surface area contributed by atoms with Gasteiger partial charge in [0.25, 0.3) is 0 Å². The first-order chi connectivity index (χ1) is 19.6. The van der Waals surface area contributed by atoms with Gasteiger partial charge in [-0.05, 0) is 103 Å². The molecule has 1 nitrogen and oxygen atoms in total. The molecule has 0 saturated heterocycles. The second-order valence-electron chi connectivity index (χ2n) is 11.6. The minimum Gasteiger partial charge on any atom is -0.432 e. The maximum absolute atomic E-state index is 15.1. The fourth-order valence-electron chi connectivity index (χ4n) is 6.38. The van der Waals surface area contributed by atoms with Crippen molar-refractivity contribution in [2.75, 3.05) is 0 Å². The van der Waals surface area contributed by atoms with Crippen LogP contribution in [0, 0.1) is 35.1 Å². The third-order valence-electron chi connectivity index (χ3n) is 8.93. The summed E-state index contributed by atoms with van der Waals surface area (Å²) in [6.45, 7) is 0.883. The lowest BCUT2D eigenvalue weighted by Gasteiger charge is -2.34. The van der Waals surface area contributed by atoms with Gasteiger partial charge in [0, 0.05) is 11.6 Å². The van der Waals surface area contributed by atoms with Gasteiger partial charge in [-0.1, -0.05) is 31.9 Å². The number of hydrogen-bond acceptors (Lipinski definition) is 1. The number of hydrogen-bond donors (Lipinski definition) is 0. The van der Waals surface area contributed by atoms with E-state index in [1.165, 1.54) is 0 Å². The van der Waals surface area contributed by atoms with Crippen LogP contribution in [-0.2, 0) is 6.67 Å². The van der Waals surface area contributed by atoms with Gasteiger partial charge in [-0.2, -0.15) is 8.78 Å². The van der Waals surface area contributed by atoms with Crippen molar-refractivity contribution in [2.45, 2.75) is 82.9 Å². The Kier molecular flexibility index (Phi) is 8.67. The highest BCUT2D eigenvalue weighted by Crippen LogP contribution is 2.45. The Balaban J connectivity index is 1.21. The molecule has 2 fully saturated rings. The monoisotopic (exact) mass is 578 g/mol. The van der Waals surface area contributed by atoms with Gasteiger partial charge in [0.2, 0.25) is 0 Å². The van der Waals surface area contributed by atoms with Crippen LogP contribution in [-0.4, -0.2) is 6.11 Å². The van der Waals surface area contributed by atoms with Crippen LogP contribution in [0.5, 0.6) is 5.75 Å². The topological polar surface area (TPSA) is 9.23 Å². The fraction of sp³-hybridized carbons (Fsp3) is 0.455. The highest BCUT2D eigenvalue weighted by atomic mass is 19.3. The zero-order valence-corrected chi connectivity index (χ0v) is 22.8. The van der Waals surface area contributed by atoms with Crippen molar-refractivity contribution in [1.29, 1.82) is 0 Å². The van der Waals surface area contributed by atoms with Crippen molar-refractivity contribution in [3.05, 3.63) is 88.5 Å². The molecule has 2 aliphatic carbocycles. The van der Waals surface area contributed by atoms with Crippen LogP contribution in [0.25, 0.3) is 11.1 Å². The predicted molar refractivity (Wildman–Crippen MR) is 144 cm³/mol. The molecule has 41 heavy (non-hydrogen) atoms. The molecule has 2 aliphatic rings. The van der Waals surface area contributed by atoms with E-state index in [0.29, 0.717) is 30.2 Å². The van der Waals surface area contributed by atoms with Crippen LogP contribution in [0.15, 0.2) is 48.5 Å². The van der Waals surface area contributed by atoms with Gasteiger partial charge < -0.3 is 4.74 Å². The molecular weight excluding hydrogens is 545 g/mol. The molecule has 0 spiro atoms. The maximum Gasteiger partial charge on any atom is 0.400 e. The van der Waals surface area contributed by atoms with Gasteiger partial charge in [0.05, 0.1) is 11.5 Å². The summed E-state index contributed by atoms with van der Waals surface area (Å²) in [4.78, 5) is 0. The number of benzene rings is 3. The quantitative estimate of drug-likeness (QED) is 0.254. The number of ether oxygens (including phenoxy) is 1. The largest absolute Gasteiger partial charge is 0.432 e. The third-order valence-corrected chi connectivity index (χ3v) is 8.93. The van der Waals surface area contributed by atoms with E-state index in [0.717, 1.165) is 61.6 Å². The maximum atomic E-state index is 15.1. The Morgan fingerprint density at radius 1 is 0.707 bits per heavy atom. The molecule has 0 aliphatic heterocycles. The van der Waals surface area contributed by atoms with E-state index in [2.05, 4.69) is 6.92 Å².